The Labute approximate surface area is 131 Å². The molecule has 1 N–H and O–H groups in total. The van der Waals surface area contributed by atoms with Gasteiger partial charge in [-0.2, -0.15) is 5.10 Å². The van der Waals surface area contributed by atoms with Gasteiger partial charge in [0.2, 0.25) is 0 Å². The van der Waals surface area contributed by atoms with E-state index >= 15 is 0 Å². The number of fused-ring (bicyclic) bond motifs is 1. The number of halogens is 1. The molecule has 104 valence electrons. The van der Waals surface area contributed by atoms with E-state index in [9.17, 15) is 0 Å². The second-order valence-corrected chi connectivity index (χ2v) is 6.03. The van der Waals surface area contributed by atoms with Gasteiger partial charge in [0.15, 0.2) is 0 Å². The predicted octanol–water partition coefficient (Wildman–Crippen LogP) is 4.27. The lowest BCUT2D eigenvalue weighted by Crippen LogP contribution is -2.04. The lowest BCUT2D eigenvalue weighted by molar-refractivity contribution is 0.882. The molecule has 4 heteroatoms. The van der Waals surface area contributed by atoms with Gasteiger partial charge < -0.3 is 5.32 Å². The molecule has 0 atom stereocenters. The summed E-state index contributed by atoms with van der Waals surface area (Å²) < 4.78 is 3.07. The number of benzene rings is 2. The first-order valence-electron chi connectivity index (χ1n) is 7.00. The smallest absolute Gasteiger partial charge is 0.133 e. The summed E-state index contributed by atoms with van der Waals surface area (Å²) in [5, 5.41) is 8.31. The molecule has 0 amide bonds. The molecular weight excluding hydrogens is 326 g/mol. The lowest BCUT2D eigenvalue weighted by atomic mass is 10.1. The fraction of sp³-hybridized carbons (Fsp3) is 0.118. The van der Waals surface area contributed by atoms with E-state index in [2.05, 4.69) is 57.6 Å². The van der Waals surface area contributed by atoms with Gasteiger partial charge in [0.25, 0.3) is 0 Å². The van der Waals surface area contributed by atoms with E-state index in [1.807, 2.05) is 22.9 Å². The summed E-state index contributed by atoms with van der Waals surface area (Å²) >= 11 is 3.53. The second kappa shape index (κ2) is 5.04. The summed E-state index contributed by atoms with van der Waals surface area (Å²) in [7, 11) is 0. The van der Waals surface area contributed by atoms with Crippen LogP contribution in [0.1, 0.15) is 5.56 Å². The van der Waals surface area contributed by atoms with Gasteiger partial charge in [-0.25, -0.2) is 4.68 Å². The summed E-state index contributed by atoms with van der Waals surface area (Å²) in [5.74, 6) is 1.12. The Bertz CT molecular complexity index is 793. The monoisotopic (exact) mass is 339 g/mol. The molecule has 0 saturated carbocycles. The van der Waals surface area contributed by atoms with Crippen molar-refractivity contribution in [2.75, 3.05) is 11.9 Å². The third kappa shape index (κ3) is 2.16. The zero-order valence-corrected chi connectivity index (χ0v) is 13.0. The highest BCUT2D eigenvalue weighted by Gasteiger charge is 2.23. The summed E-state index contributed by atoms with van der Waals surface area (Å²) in [6.45, 7) is 0.973. The van der Waals surface area contributed by atoms with Crippen molar-refractivity contribution in [1.82, 2.24) is 9.78 Å². The van der Waals surface area contributed by atoms with Gasteiger partial charge in [-0.1, -0.05) is 52.3 Å². The fourth-order valence-corrected chi connectivity index (χ4v) is 3.18. The summed E-state index contributed by atoms with van der Waals surface area (Å²) in [6, 6.07) is 18.6. The van der Waals surface area contributed by atoms with Gasteiger partial charge in [-0.15, -0.1) is 0 Å². The minimum Gasteiger partial charge on any atom is -0.369 e. The van der Waals surface area contributed by atoms with Crippen molar-refractivity contribution in [2.24, 2.45) is 0 Å². The van der Waals surface area contributed by atoms with Gasteiger partial charge in [-0.3, -0.25) is 0 Å². The van der Waals surface area contributed by atoms with Crippen molar-refractivity contribution < 1.29 is 0 Å². The molecule has 2 heterocycles. The van der Waals surface area contributed by atoms with E-state index in [0.717, 1.165) is 34.6 Å². The second-order valence-electron chi connectivity index (χ2n) is 5.11. The molecule has 0 unspecified atom stereocenters. The SMILES string of the molecule is Brc1cccc(-n2nc(-c3ccccc3)c3c2NCC3)c1. The number of rotatable bonds is 2. The molecule has 3 aromatic rings. The van der Waals surface area contributed by atoms with E-state index in [-0.39, 0.29) is 0 Å². The topological polar surface area (TPSA) is 29.9 Å². The minimum absolute atomic E-state index is 0.973. The van der Waals surface area contributed by atoms with Crippen LogP contribution in [0.2, 0.25) is 0 Å². The molecular formula is C17H14BrN3. The molecule has 0 spiro atoms. The largest absolute Gasteiger partial charge is 0.369 e. The molecule has 1 aliphatic heterocycles. The van der Waals surface area contributed by atoms with Gasteiger partial charge in [0, 0.05) is 22.1 Å². The first-order valence-corrected chi connectivity index (χ1v) is 7.79. The summed E-state index contributed by atoms with van der Waals surface area (Å²) in [5.41, 5.74) is 4.63. The molecule has 1 aromatic heterocycles. The maximum atomic E-state index is 4.85. The quantitative estimate of drug-likeness (QED) is 0.755. The van der Waals surface area contributed by atoms with Crippen LogP contribution in [0.3, 0.4) is 0 Å². The molecule has 0 fully saturated rings. The van der Waals surface area contributed by atoms with E-state index in [1.165, 1.54) is 11.1 Å². The lowest BCUT2D eigenvalue weighted by Gasteiger charge is -2.06. The van der Waals surface area contributed by atoms with Crippen LogP contribution in [0.4, 0.5) is 5.82 Å². The van der Waals surface area contributed by atoms with Crippen LogP contribution in [0.5, 0.6) is 0 Å². The first-order chi connectivity index (χ1) is 10.3. The zero-order chi connectivity index (χ0) is 14.2. The Morgan fingerprint density at radius 1 is 1.05 bits per heavy atom. The Morgan fingerprint density at radius 3 is 2.71 bits per heavy atom. The highest BCUT2D eigenvalue weighted by molar-refractivity contribution is 9.10. The van der Waals surface area contributed by atoms with Crippen molar-refractivity contribution in [1.29, 1.82) is 0 Å². The van der Waals surface area contributed by atoms with Crippen LogP contribution in [0, 0.1) is 0 Å². The Kier molecular flexibility index (Phi) is 3.04. The zero-order valence-electron chi connectivity index (χ0n) is 11.4. The van der Waals surface area contributed by atoms with Crippen molar-refractivity contribution in [2.45, 2.75) is 6.42 Å². The minimum atomic E-state index is 0.973. The van der Waals surface area contributed by atoms with Crippen LogP contribution in [0.25, 0.3) is 16.9 Å². The molecule has 0 radical (unpaired) electrons. The van der Waals surface area contributed by atoms with Crippen LogP contribution in [0.15, 0.2) is 59.1 Å². The number of nitrogens with one attached hydrogen (secondary N) is 1. The highest BCUT2D eigenvalue weighted by Crippen LogP contribution is 2.34. The summed E-state index contributed by atoms with van der Waals surface area (Å²) in [6.07, 6.45) is 1.02. The Morgan fingerprint density at radius 2 is 1.90 bits per heavy atom. The van der Waals surface area contributed by atoms with Crippen molar-refractivity contribution in [3.8, 4) is 16.9 Å². The first kappa shape index (κ1) is 12.7. The number of hydrogen-bond donors (Lipinski definition) is 1. The van der Waals surface area contributed by atoms with E-state index in [0.29, 0.717) is 0 Å². The van der Waals surface area contributed by atoms with Gasteiger partial charge in [-0.05, 0) is 24.6 Å². The molecule has 2 aromatic carbocycles. The van der Waals surface area contributed by atoms with Crippen LogP contribution in [-0.2, 0) is 6.42 Å². The maximum absolute atomic E-state index is 4.85. The number of nitrogens with zero attached hydrogens (tertiary/aromatic N) is 2. The average molecular weight is 340 g/mol. The molecule has 21 heavy (non-hydrogen) atoms. The Hall–Kier alpha value is -2.07. The van der Waals surface area contributed by atoms with Crippen molar-refractivity contribution in [3.63, 3.8) is 0 Å². The van der Waals surface area contributed by atoms with Crippen LogP contribution >= 0.6 is 15.9 Å². The van der Waals surface area contributed by atoms with Gasteiger partial charge in [0.1, 0.15) is 5.82 Å². The molecule has 1 aliphatic rings. The van der Waals surface area contributed by atoms with Crippen molar-refractivity contribution in [3.05, 3.63) is 64.6 Å². The fourth-order valence-electron chi connectivity index (χ4n) is 2.80. The normalized spacial score (nSPS) is 13.0. The van der Waals surface area contributed by atoms with Crippen LogP contribution < -0.4 is 5.32 Å². The molecule has 3 nitrogen and oxygen atoms in total. The highest BCUT2D eigenvalue weighted by atomic mass is 79.9. The third-order valence-electron chi connectivity index (χ3n) is 3.75. The molecule has 0 aliphatic carbocycles. The van der Waals surface area contributed by atoms with E-state index in [4.69, 9.17) is 5.10 Å². The molecule has 0 saturated heterocycles. The van der Waals surface area contributed by atoms with E-state index in [1.54, 1.807) is 0 Å². The molecule has 0 bridgehead atoms. The number of anilines is 1. The third-order valence-corrected chi connectivity index (χ3v) is 4.24. The number of hydrogen-bond acceptors (Lipinski definition) is 2. The van der Waals surface area contributed by atoms with Gasteiger partial charge in [0.05, 0.1) is 11.4 Å². The predicted molar refractivity (Wildman–Crippen MR) is 88.9 cm³/mol. The maximum Gasteiger partial charge on any atom is 0.133 e. The average Bonchev–Trinajstić information content (AvgIpc) is 3.10. The number of aromatic nitrogens is 2. The van der Waals surface area contributed by atoms with E-state index < -0.39 is 0 Å². The summed E-state index contributed by atoms with van der Waals surface area (Å²) in [4.78, 5) is 0. The molecule has 4 rings (SSSR count). The van der Waals surface area contributed by atoms with Gasteiger partial charge >= 0.3 is 0 Å². The van der Waals surface area contributed by atoms with Crippen molar-refractivity contribution >= 4 is 21.7 Å². The standard InChI is InChI=1S/C17H14BrN3/c18-13-7-4-8-14(11-13)21-17-15(9-10-19-17)16(20-21)12-5-2-1-3-6-12/h1-8,11,19H,9-10H2. The Balaban J connectivity index is 1.91. The van der Waals surface area contributed by atoms with Crippen LogP contribution in [-0.4, -0.2) is 16.3 Å².